The molecule has 6 heteroatoms. The zero-order chi connectivity index (χ0) is 21.1. The van der Waals surface area contributed by atoms with Gasteiger partial charge in [0.25, 0.3) is 0 Å². The molecule has 0 aliphatic carbocycles. The van der Waals surface area contributed by atoms with Crippen molar-refractivity contribution in [1.82, 2.24) is 9.47 Å². The molecule has 0 bridgehead atoms. The normalized spacial score (nSPS) is 16.0. The van der Waals surface area contributed by atoms with Gasteiger partial charge in [-0.05, 0) is 42.8 Å². The molecule has 0 saturated carbocycles. The SMILES string of the molecule is CCOC(=O)C1CCN(C(=O)CC(c2cccs2)c2cn(C)c3ccccc23)CC1. The summed E-state index contributed by atoms with van der Waals surface area (Å²) in [5, 5.41) is 3.27. The van der Waals surface area contributed by atoms with E-state index in [0.29, 0.717) is 39.0 Å². The van der Waals surface area contributed by atoms with Gasteiger partial charge in [-0.1, -0.05) is 24.3 Å². The van der Waals surface area contributed by atoms with Crippen LogP contribution in [0.3, 0.4) is 0 Å². The van der Waals surface area contributed by atoms with Crippen LogP contribution in [0.2, 0.25) is 0 Å². The Bertz CT molecular complexity index is 1020. The molecule has 3 heterocycles. The summed E-state index contributed by atoms with van der Waals surface area (Å²) in [5.41, 5.74) is 2.38. The molecule has 1 aromatic carbocycles. The molecule has 30 heavy (non-hydrogen) atoms. The van der Waals surface area contributed by atoms with Crippen LogP contribution in [-0.4, -0.2) is 41.0 Å². The highest BCUT2D eigenvalue weighted by Gasteiger charge is 2.30. The molecule has 1 saturated heterocycles. The van der Waals surface area contributed by atoms with Gasteiger partial charge in [-0.15, -0.1) is 11.3 Å². The first-order valence-electron chi connectivity index (χ1n) is 10.6. The molecule has 2 aromatic heterocycles. The number of carbonyl (C=O) groups is 2. The number of piperidine rings is 1. The lowest BCUT2D eigenvalue weighted by Gasteiger charge is -2.32. The van der Waals surface area contributed by atoms with Crippen LogP contribution >= 0.6 is 11.3 Å². The fraction of sp³-hybridized carbons (Fsp3) is 0.417. The minimum atomic E-state index is -0.128. The van der Waals surface area contributed by atoms with Gasteiger partial charge in [0.1, 0.15) is 0 Å². The van der Waals surface area contributed by atoms with E-state index in [2.05, 4.69) is 47.5 Å². The molecule has 0 radical (unpaired) electrons. The second kappa shape index (κ2) is 9.04. The first-order chi connectivity index (χ1) is 14.6. The minimum Gasteiger partial charge on any atom is -0.466 e. The van der Waals surface area contributed by atoms with Crippen molar-refractivity contribution < 1.29 is 14.3 Å². The van der Waals surface area contributed by atoms with Crippen LogP contribution < -0.4 is 0 Å². The number of benzene rings is 1. The van der Waals surface area contributed by atoms with Gasteiger partial charge < -0.3 is 14.2 Å². The van der Waals surface area contributed by atoms with Crippen molar-refractivity contribution in [3.8, 4) is 0 Å². The van der Waals surface area contributed by atoms with Crippen molar-refractivity contribution in [3.63, 3.8) is 0 Å². The summed E-state index contributed by atoms with van der Waals surface area (Å²) in [5.74, 6) is -0.0213. The Hall–Kier alpha value is -2.60. The molecular weight excluding hydrogens is 396 g/mol. The third kappa shape index (κ3) is 4.15. The summed E-state index contributed by atoms with van der Waals surface area (Å²) >= 11 is 1.70. The summed E-state index contributed by atoms with van der Waals surface area (Å²) < 4.78 is 7.29. The molecule has 3 aromatic rings. The molecule has 1 fully saturated rings. The average Bonchev–Trinajstić information content (AvgIpc) is 3.41. The molecule has 1 aliphatic heterocycles. The Morgan fingerprint density at radius 2 is 1.93 bits per heavy atom. The predicted octanol–water partition coefficient (Wildman–Crippen LogP) is 4.56. The number of hydrogen-bond donors (Lipinski definition) is 0. The summed E-state index contributed by atoms with van der Waals surface area (Å²) in [7, 11) is 2.05. The number of ether oxygens (including phenoxy) is 1. The highest BCUT2D eigenvalue weighted by Crippen LogP contribution is 2.37. The monoisotopic (exact) mass is 424 g/mol. The Balaban J connectivity index is 1.53. The van der Waals surface area contributed by atoms with E-state index in [0.717, 1.165) is 0 Å². The van der Waals surface area contributed by atoms with Crippen molar-refractivity contribution in [2.24, 2.45) is 13.0 Å². The standard InChI is InChI=1S/C24H28N2O3S/c1-3-29-24(28)17-10-12-26(13-11-17)23(27)15-19(22-9-6-14-30-22)20-16-25(2)21-8-5-4-7-18(20)21/h4-9,14,16-17,19H,3,10-13,15H2,1-2H3. The Morgan fingerprint density at radius 3 is 2.63 bits per heavy atom. The highest BCUT2D eigenvalue weighted by molar-refractivity contribution is 7.10. The van der Waals surface area contributed by atoms with E-state index >= 15 is 0 Å². The van der Waals surface area contributed by atoms with Gasteiger partial charge in [0.05, 0.1) is 12.5 Å². The molecule has 4 rings (SSSR count). The van der Waals surface area contributed by atoms with E-state index < -0.39 is 0 Å². The van der Waals surface area contributed by atoms with E-state index in [-0.39, 0.29) is 23.7 Å². The Labute approximate surface area is 181 Å². The van der Waals surface area contributed by atoms with Gasteiger partial charge in [0.2, 0.25) is 5.91 Å². The third-order valence-electron chi connectivity index (χ3n) is 6.04. The van der Waals surface area contributed by atoms with Gasteiger partial charge >= 0.3 is 5.97 Å². The largest absolute Gasteiger partial charge is 0.466 e. The van der Waals surface area contributed by atoms with Crippen LogP contribution in [0.25, 0.3) is 10.9 Å². The zero-order valence-corrected chi connectivity index (χ0v) is 18.4. The van der Waals surface area contributed by atoms with Crippen molar-refractivity contribution >= 4 is 34.1 Å². The van der Waals surface area contributed by atoms with Crippen LogP contribution in [0.15, 0.2) is 48.0 Å². The quantitative estimate of drug-likeness (QED) is 0.545. The van der Waals surface area contributed by atoms with Crippen LogP contribution in [-0.2, 0) is 21.4 Å². The predicted molar refractivity (Wildman–Crippen MR) is 120 cm³/mol. The smallest absolute Gasteiger partial charge is 0.309 e. The number of esters is 1. The number of carbonyl (C=O) groups excluding carboxylic acids is 2. The maximum absolute atomic E-state index is 13.2. The van der Waals surface area contributed by atoms with Crippen LogP contribution in [0.4, 0.5) is 0 Å². The molecule has 1 atom stereocenters. The fourth-order valence-electron chi connectivity index (χ4n) is 4.43. The number of fused-ring (bicyclic) bond motifs is 1. The lowest BCUT2D eigenvalue weighted by molar-refractivity contribution is -0.151. The molecule has 1 aliphatic rings. The first-order valence-corrected chi connectivity index (χ1v) is 11.5. The van der Waals surface area contributed by atoms with E-state index in [1.54, 1.807) is 11.3 Å². The number of nitrogens with zero attached hydrogens (tertiary/aromatic N) is 2. The molecule has 158 valence electrons. The maximum atomic E-state index is 13.2. The van der Waals surface area contributed by atoms with E-state index in [1.807, 2.05) is 24.0 Å². The van der Waals surface area contributed by atoms with Crippen molar-refractivity contribution in [1.29, 1.82) is 0 Å². The lowest BCUT2D eigenvalue weighted by atomic mass is 9.91. The van der Waals surface area contributed by atoms with Crippen LogP contribution in [0.5, 0.6) is 0 Å². The number of amides is 1. The summed E-state index contributed by atoms with van der Waals surface area (Å²) in [6.45, 7) is 3.48. The Morgan fingerprint density at radius 1 is 1.17 bits per heavy atom. The maximum Gasteiger partial charge on any atom is 0.309 e. The molecule has 0 spiro atoms. The number of rotatable bonds is 6. The molecule has 1 amide bonds. The van der Waals surface area contributed by atoms with Crippen molar-refractivity contribution in [3.05, 3.63) is 58.4 Å². The van der Waals surface area contributed by atoms with Gasteiger partial charge in [-0.25, -0.2) is 0 Å². The second-order valence-corrected chi connectivity index (χ2v) is 8.87. The summed E-state index contributed by atoms with van der Waals surface area (Å²) in [6, 6.07) is 12.5. The Kier molecular flexibility index (Phi) is 6.23. The number of aryl methyl sites for hydroxylation is 1. The average molecular weight is 425 g/mol. The molecule has 0 N–H and O–H groups in total. The zero-order valence-electron chi connectivity index (χ0n) is 17.5. The van der Waals surface area contributed by atoms with E-state index in [9.17, 15) is 9.59 Å². The number of thiophene rings is 1. The van der Waals surface area contributed by atoms with Gasteiger partial charge in [-0.2, -0.15) is 0 Å². The summed E-state index contributed by atoms with van der Waals surface area (Å²) in [4.78, 5) is 28.4. The van der Waals surface area contributed by atoms with Crippen molar-refractivity contribution in [2.45, 2.75) is 32.1 Å². The van der Waals surface area contributed by atoms with Crippen LogP contribution in [0.1, 0.15) is 42.5 Å². The third-order valence-corrected chi connectivity index (χ3v) is 7.02. The van der Waals surface area contributed by atoms with E-state index in [4.69, 9.17) is 4.74 Å². The van der Waals surface area contributed by atoms with E-state index in [1.165, 1.54) is 21.3 Å². The van der Waals surface area contributed by atoms with Crippen molar-refractivity contribution in [2.75, 3.05) is 19.7 Å². The molecule has 5 nitrogen and oxygen atoms in total. The van der Waals surface area contributed by atoms with Crippen LogP contribution in [0, 0.1) is 5.92 Å². The number of para-hydroxylation sites is 1. The summed E-state index contributed by atoms with van der Waals surface area (Å²) in [6.07, 6.45) is 3.97. The topological polar surface area (TPSA) is 51.5 Å². The highest BCUT2D eigenvalue weighted by atomic mass is 32.1. The number of likely N-dealkylation sites (tertiary alicyclic amines) is 1. The number of hydrogen-bond acceptors (Lipinski definition) is 4. The second-order valence-electron chi connectivity index (χ2n) is 7.89. The van der Waals surface area contributed by atoms with Gasteiger partial charge in [-0.3, -0.25) is 9.59 Å². The lowest BCUT2D eigenvalue weighted by Crippen LogP contribution is -2.41. The minimum absolute atomic E-state index is 0.0337. The molecular formula is C24H28N2O3S. The fourth-order valence-corrected chi connectivity index (χ4v) is 5.28. The molecule has 1 unspecified atom stereocenters. The van der Waals surface area contributed by atoms with Gasteiger partial charge in [0, 0.05) is 54.5 Å². The van der Waals surface area contributed by atoms with Gasteiger partial charge in [0.15, 0.2) is 0 Å². The number of aromatic nitrogens is 1. The first kappa shape index (κ1) is 20.7.